The Bertz CT molecular complexity index is 1020. The molecule has 0 spiro atoms. The van der Waals surface area contributed by atoms with Crippen molar-refractivity contribution in [1.29, 1.82) is 0 Å². The molecule has 0 radical (unpaired) electrons. The Morgan fingerprint density at radius 2 is 1.63 bits per heavy atom. The highest BCUT2D eigenvalue weighted by atomic mass is 32.2. The summed E-state index contributed by atoms with van der Waals surface area (Å²) in [6, 6.07) is 10.1. The molecular formula is C21H25N3O4S2. The molecule has 4 rings (SSSR count). The fraction of sp³-hybridized carbons (Fsp3) is 0.429. The van der Waals surface area contributed by atoms with Crippen molar-refractivity contribution >= 4 is 33.2 Å². The van der Waals surface area contributed by atoms with Crippen molar-refractivity contribution in [2.75, 3.05) is 40.3 Å². The van der Waals surface area contributed by atoms with Gasteiger partial charge in [-0.2, -0.15) is 0 Å². The number of carbonyl (C=O) groups excluding carboxylic acids is 2. The lowest BCUT2D eigenvalue weighted by molar-refractivity contribution is -0.134. The van der Waals surface area contributed by atoms with Gasteiger partial charge in [-0.1, -0.05) is 6.07 Å². The first-order chi connectivity index (χ1) is 14.3. The maximum absolute atomic E-state index is 12.8. The van der Waals surface area contributed by atoms with E-state index in [1.165, 1.54) is 31.1 Å². The average molecular weight is 448 g/mol. The Balaban J connectivity index is 1.33. The molecule has 0 bridgehead atoms. The third kappa shape index (κ3) is 4.01. The third-order valence-electron chi connectivity index (χ3n) is 5.77. The standard InChI is InChI=1S/C21H25N3O4S2/c1-22(2)30(27,28)16-7-5-15(6-8-16)20(25)23-9-11-24(12-10-23)21(26)18-14-17(18)19-4-3-13-29-19/h3-8,13,17-18H,9-12,14H2,1-2H3/t17-,18+/m1/s1. The van der Waals surface area contributed by atoms with Crippen molar-refractivity contribution in [3.63, 3.8) is 0 Å². The van der Waals surface area contributed by atoms with Gasteiger partial charge in [0.25, 0.3) is 5.91 Å². The molecular weight excluding hydrogens is 422 g/mol. The van der Waals surface area contributed by atoms with E-state index in [9.17, 15) is 18.0 Å². The normalized spacial score (nSPS) is 21.7. The molecule has 1 aromatic carbocycles. The first kappa shape index (κ1) is 21.0. The van der Waals surface area contributed by atoms with Crippen LogP contribution >= 0.6 is 11.3 Å². The highest BCUT2D eigenvalue weighted by molar-refractivity contribution is 7.89. The maximum Gasteiger partial charge on any atom is 0.253 e. The quantitative estimate of drug-likeness (QED) is 0.703. The van der Waals surface area contributed by atoms with Crippen LogP contribution in [0, 0.1) is 5.92 Å². The predicted octanol–water partition coefficient (Wildman–Crippen LogP) is 2.09. The predicted molar refractivity (Wildman–Crippen MR) is 115 cm³/mol. The second-order valence-electron chi connectivity index (χ2n) is 7.89. The molecule has 2 aromatic rings. The van der Waals surface area contributed by atoms with Crippen molar-refractivity contribution < 1.29 is 18.0 Å². The summed E-state index contributed by atoms with van der Waals surface area (Å²) in [5, 5.41) is 2.04. The summed E-state index contributed by atoms with van der Waals surface area (Å²) in [7, 11) is -0.576. The lowest BCUT2D eigenvalue weighted by Gasteiger charge is -2.35. The van der Waals surface area contributed by atoms with Crippen LogP contribution in [0.4, 0.5) is 0 Å². The summed E-state index contributed by atoms with van der Waals surface area (Å²) < 4.78 is 25.5. The number of carbonyl (C=O) groups is 2. The van der Waals surface area contributed by atoms with Crippen LogP contribution in [-0.4, -0.2) is 74.6 Å². The topological polar surface area (TPSA) is 78.0 Å². The van der Waals surface area contributed by atoms with Crippen LogP contribution in [0.3, 0.4) is 0 Å². The van der Waals surface area contributed by atoms with Crippen molar-refractivity contribution in [2.45, 2.75) is 17.2 Å². The maximum atomic E-state index is 12.8. The fourth-order valence-electron chi connectivity index (χ4n) is 3.81. The fourth-order valence-corrected chi connectivity index (χ4v) is 5.62. The van der Waals surface area contributed by atoms with E-state index in [-0.39, 0.29) is 22.6 Å². The highest BCUT2D eigenvalue weighted by Crippen LogP contribution is 2.50. The second-order valence-corrected chi connectivity index (χ2v) is 11.0. The summed E-state index contributed by atoms with van der Waals surface area (Å²) >= 11 is 1.70. The van der Waals surface area contributed by atoms with E-state index in [0.29, 0.717) is 37.7 Å². The number of amides is 2. The van der Waals surface area contributed by atoms with Crippen LogP contribution in [0.1, 0.15) is 27.6 Å². The molecule has 2 aliphatic rings. The number of piperazine rings is 1. The van der Waals surface area contributed by atoms with Gasteiger partial charge in [0.05, 0.1) is 4.90 Å². The van der Waals surface area contributed by atoms with Gasteiger partial charge in [-0.3, -0.25) is 9.59 Å². The molecule has 1 aliphatic heterocycles. The molecule has 30 heavy (non-hydrogen) atoms. The van der Waals surface area contributed by atoms with E-state index in [0.717, 1.165) is 10.7 Å². The summed E-state index contributed by atoms with van der Waals surface area (Å²) in [5.41, 5.74) is 0.451. The smallest absolute Gasteiger partial charge is 0.253 e. The van der Waals surface area contributed by atoms with E-state index >= 15 is 0 Å². The Hall–Kier alpha value is -2.23. The highest BCUT2D eigenvalue weighted by Gasteiger charge is 2.46. The Morgan fingerprint density at radius 1 is 1.00 bits per heavy atom. The monoisotopic (exact) mass is 447 g/mol. The molecule has 2 heterocycles. The lowest BCUT2D eigenvalue weighted by Crippen LogP contribution is -2.51. The number of nitrogens with zero attached hydrogens (tertiary/aromatic N) is 3. The van der Waals surface area contributed by atoms with Gasteiger partial charge >= 0.3 is 0 Å². The zero-order valence-electron chi connectivity index (χ0n) is 17.0. The Labute approximate surface area is 180 Å². The van der Waals surface area contributed by atoms with Gasteiger partial charge in [0.2, 0.25) is 15.9 Å². The van der Waals surface area contributed by atoms with Crippen LogP contribution in [0.5, 0.6) is 0 Å². The molecule has 0 N–H and O–H groups in total. The molecule has 160 valence electrons. The van der Waals surface area contributed by atoms with Gasteiger partial charge in [0, 0.05) is 62.6 Å². The SMILES string of the molecule is CN(C)S(=O)(=O)c1ccc(C(=O)N2CCN(C(=O)[C@H]3C[C@H]3c3cccs3)CC2)cc1. The van der Waals surface area contributed by atoms with Crippen LogP contribution in [0.15, 0.2) is 46.7 Å². The first-order valence-corrected chi connectivity index (χ1v) is 12.2. The van der Waals surface area contributed by atoms with Gasteiger partial charge < -0.3 is 9.80 Å². The average Bonchev–Trinajstić information content (AvgIpc) is 3.37. The van der Waals surface area contributed by atoms with E-state index < -0.39 is 10.0 Å². The van der Waals surface area contributed by atoms with Crippen molar-refractivity contribution in [3.8, 4) is 0 Å². The molecule has 1 aliphatic carbocycles. The molecule has 1 saturated heterocycles. The van der Waals surface area contributed by atoms with Gasteiger partial charge in [-0.25, -0.2) is 12.7 Å². The largest absolute Gasteiger partial charge is 0.339 e. The number of hydrogen-bond acceptors (Lipinski definition) is 5. The van der Waals surface area contributed by atoms with Crippen molar-refractivity contribution in [2.24, 2.45) is 5.92 Å². The van der Waals surface area contributed by atoms with Gasteiger partial charge in [-0.05, 0) is 42.1 Å². The van der Waals surface area contributed by atoms with Gasteiger partial charge in [-0.15, -0.1) is 11.3 Å². The Kier molecular flexibility index (Phi) is 5.69. The summed E-state index contributed by atoms with van der Waals surface area (Å²) in [5.74, 6) is 0.490. The lowest BCUT2D eigenvalue weighted by atomic mass is 10.1. The molecule has 7 nitrogen and oxygen atoms in total. The summed E-state index contributed by atoms with van der Waals surface area (Å²) in [6.07, 6.45) is 0.917. The summed E-state index contributed by atoms with van der Waals surface area (Å²) in [4.78, 5) is 30.6. The molecule has 2 atom stereocenters. The molecule has 2 fully saturated rings. The number of benzene rings is 1. The van der Waals surface area contributed by atoms with E-state index in [2.05, 4.69) is 6.07 Å². The van der Waals surface area contributed by atoms with Crippen molar-refractivity contribution in [1.82, 2.24) is 14.1 Å². The molecule has 2 amide bonds. The minimum absolute atomic E-state index is 0.0806. The van der Waals surface area contributed by atoms with E-state index in [4.69, 9.17) is 0 Å². The minimum atomic E-state index is -3.52. The number of rotatable bonds is 5. The first-order valence-electron chi connectivity index (χ1n) is 9.93. The van der Waals surface area contributed by atoms with Crippen LogP contribution in [0.2, 0.25) is 0 Å². The molecule has 0 unspecified atom stereocenters. The zero-order valence-corrected chi connectivity index (χ0v) is 18.7. The third-order valence-corrected chi connectivity index (χ3v) is 8.61. The van der Waals surface area contributed by atoms with Crippen LogP contribution < -0.4 is 0 Å². The number of thiophene rings is 1. The zero-order chi connectivity index (χ0) is 21.5. The summed E-state index contributed by atoms with van der Waals surface area (Å²) in [6.45, 7) is 2.04. The van der Waals surface area contributed by atoms with Crippen LogP contribution in [-0.2, 0) is 14.8 Å². The second kappa shape index (κ2) is 8.13. The van der Waals surface area contributed by atoms with Crippen molar-refractivity contribution in [3.05, 3.63) is 52.2 Å². The molecule has 1 saturated carbocycles. The Morgan fingerprint density at radius 3 is 2.20 bits per heavy atom. The number of hydrogen-bond donors (Lipinski definition) is 0. The van der Waals surface area contributed by atoms with Crippen LogP contribution in [0.25, 0.3) is 0 Å². The van der Waals surface area contributed by atoms with E-state index in [1.807, 2.05) is 16.3 Å². The molecule has 1 aromatic heterocycles. The molecule has 9 heteroatoms. The van der Waals surface area contributed by atoms with Gasteiger partial charge in [0.1, 0.15) is 0 Å². The van der Waals surface area contributed by atoms with Gasteiger partial charge in [0.15, 0.2) is 0 Å². The number of sulfonamides is 1. The minimum Gasteiger partial charge on any atom is -0.339 e. The van der Waals surface area contributed by atoms with E-state index in [1.54, 1.807) is 28.4 Å².